The topological polar surface area (TPSA) is 54.0 Å². The number of aryl methyl sites for hydroxylation is 1. The molecule has 0 radical (unpaired) electrons. The number of thiophene rings is 1. The number of carbonyl (C=O) groups is 1. The van der Waals surface area contributed by atoms with E-state index in [1.807, 2.05) is 32.0 Å². The van der Waals surface area contributed by atoms with Crippen LogP contribution >= 0.6 is 11.3 Å². The van der Waals surface area contributed by atoms with Gasteiger partial charge in [-0.3, -0.25) is 4.79 Å². The summed E-state index contributed by atoms with van der Waals surface area (Å²) < 4.78 is 22.7. The van der Waals surface area contributed by atoms with E-state index in [2.05, 4.69) is 0 Å². The van der Waals surface area contributed by atoms with Gasteiger partial charge in [-0.25, -0.2) is 0 Å². The van der Waals surface area contributed by atoms with Crippen molar-refractivity contribution in [3.63, 3.8) is 0 Å². The second-order valence-corrected chi connectivity index (χ2v) is 6.94. The molecule has 0 fully saturated rings. The zero-order valence-electron chi connectivity index (χ0n) is 16.0. The summed E-state index contributed by atoms with van der Waals surface area (Å²) in [5.74, 6) is 2.10. The van der Waals surface area contributed by atoms with Gasteiger partial charge in [-0.05, 0) is 55.1 Å². The van der Waals surface area contributed by atoms with Crippen molar-refractivity contribution < 1.29 is 23.7 Å². The first-order chi connectivity index (χ1) is 13.0. The number of ketones is 1. The molecule has 0 atom stereocenters. The first-order valence-electron chi connectivity index (χ1n) is 8.54. The van der Waals surface area contributed by atoms with E-state index < -0.39 is 0 Å². The second kappa shape index (κ2) is 7.88. The molecule has 6 heteroatoms. The Hall–Kier alpha value is -2.73. The Morgan fingerprint density at radius 3 is 2.22 bits per heavy atom. The molecule has 1 heterocycles. The van der Waals surface area contributed by atoms with Crippen molar-refractivity contribution in [3.8, 4) is 23.0 Å². The lowest BCUT2D eigenvalue weighted by atomic mass is 10.0. The van der Waals surface area contributed by atoms with Crippen molar-refractivity contribution >= 4 is 27.2 Å². The maximum atomic E-state index is 13.2. The van der Waals surface area contributed by atoms with Gasteiger partial charge in [0.05, 0.1) is 32.8 Å². The Bertz CT molecular complexity index is 965. The molecule has 27 heavy (non-hydrogen) atoms. The molecule has 0 unspecified atom stereocenters. The fraction of sp³-hybridized carbons (Fsp3) is 0.286. The number of benzene rings is 2. The van der Waals surface area contributed by atoms with Crippen LogP contribution in [0, 0.1) is 6.92 Å². The Morgan fingerprint density at radius 1 is 1.00 bits per heavy atom. The summed E-state index contributed by atoms with van der Waals surface area (Å²) in [5.41, 5.74) is 1.45. The number of hydrogen-bond donors (Lipinski definition) is 0. The van der Waals surface area contributed by atoms with Crippen LogP contribution in [0.15, 0.2) is 30.3 Å². The summed E-state index contributed by atoms with van der Waals surface area (Å²) in [7, 11) is 4.60. The molecular weight excluding hydrogens is 364 g/mol. The van der Waals surface area contributed by atoms with Gasteiger partial charge in [0.25, 0.3) is 0 Å². The van der Waals surface area contributed by atoms with Crippen LogP contribution in [0.25, 0.3) is 10.1 Å². The Balaban J connectivity index is 2.09. The average molecular weight is 386 g/mol. The highest BCUT2D eigenvalue weighted by Gasteiger charge is 2.22. The third-order valence-electron chi connectivity index (χ3n) is 4.35. The number of ether oxygens (including phenoxy) is 4. The van der Waals surface area contributed by atoms with Gasteiger partial charge in [-0.15, -0.1) is 11.3 Å². The van der Waals surface area contributed by atoms with Crippen molar-refractivity contribution in [3.05, 3.63) is 46.3 Å². The largest absolute Gasteiger partial charge is 0.494 e. The van der Waals surface area contributed by atoms with E-state index >= 15 is 0 Å². The molecule has 0 N–H and O–H groups in total. The minimum absolute atomic E-state index is 0.0779. The molecule has 2 aromatic carbocycles. The summed E-state index contributed by atoms with van der Waals surface area (Å²) in [5, 5.41) is 1.05. The number of carbonyl (C=O) groups excluding carboxylic acids is 1. The summed E-state index contributed by atoms with van der Waals surface area (Å²) in [6.45, 7) is 4.51. The normalized spacial score (nSPS) is 10.7. The molecular formula is C21H22O5S. The zero-order chi connectivity index (χ0) is 19.6. The van der Waals surface area contributed by atoms with E-state index in [-0.39, 0.29) is 5.78 Å². The first kappa shape index (κ1) is 19.0. The fourth-order valence-electron chi connectivity index (χ4n) is 3.02. The standard InChI is InChI=1S/C21H22O5S/c1-6-26-14-7-8-15-12(2)21(27-18(15)11-14)19(22)13-9-16(23-3)20(25-5)17(10-13)24-4/h7-11H,6H2,1-5H3. The summed E-state index contributed by atoms with van der Waals surface area (Å²) in [4.78, 5) is 13.9. The predicted octanol–water partition coefficient (Wildman–Crippen LogP) is 4.87. The van der Waals surface area contributed by atoms with Crippen LogP contribution in [0.3, 0.4) is 0 Å². The van der Waals surface area contributed by atoms with Gasteiger partial charge < -0.3 is 18.9 Å². The highest BCUT2D eigenvalue weighted by atomic mass is 32.1. The molecule has 0 amide bonds. The molecule has 142 valence electrons. The van der Waals surface area contributed by atoms with E-state index in [1.165, 1.54) is 32.7 Å². The van der Waals surface area contributed by atoms with Crippen LogP contribution in [0.2, 0.25) is 0 Å². The third-order valence-corrected chi connectivity index (χ3v) is 5.61. The van der Waals surface area contributed by atoms with Gasteiger partial charge in [0.15, 0.2) is 11.5 Å². The van der Waals surface area contributed by atoms with Crippen molar-refractivity contribution in [2.45, 2.75) is 13.8 Å². The fourth-order valence-corrected chi connectivity index (χ4v) is 4.22. The van der Waals surface area contributed by atoms with Crippen molar-refractivity contribution in [1.82, 2.24) is 0 Å². The van der Waals surface area contributed by atoms with Gasteiger partial charge in [-0.2, -0.15) is 0 Å². The van der Waals surface area contributed by atoms with Crippen LogP contribution < -0.4 is 18.9 Å². The Labute approximate surface area is 162 Å². The highest BCUT2D eigenvalue weighted by Crippen LogP contribution is 2.40. The number of hydrogen-bond acceptors (Lipinski definition) is 6. The van der Waals surface area contributed by atoms with E-state index in [0.717, 1.165) is 21.4 Å². The lowest BCUT2D eigenvalue weighted by molar-refractivity contribution is 0.104. The zero-order valence-corrected chi connectivity index (χ0v) is 16.9. The first-order valence-corrected chi connectivity index (χ1v) is 9.36. The molecule has 0 saturated heterocycles. The molecule has 0 aliphatic rings. The van der Waals surface area contributed by atoms with Crippen molar-refractivity contribution in [1.29, 1.82) is 0 Å². The summed E-state index contributed by atoms with van der Waals surface area (Å²) in [6.07, 6.45) is 0. The smallest absolute Gasteiger partial charge is 0.203 e. The van der Waals surface area contributed by atoms with Gasteiger partial charge in [0.2, 0.25) is 11.5 Å². The van der Waals surface area contributed by atoms with Crippen molar-refractivity contribution in [2.24, 2.45) is 0 Å². The predicted molar refractivity (Wildman–Crippen MR) is 107 cm³/mol. The second-order valence-electron chi connectivity index (χ2n) is 5.89. The van der Waals surface area contributed by atoms with Crippen LogP contribution in [0.4, 0.5) is 0 Å². The maximum Gasteiger partial charge on any atom is 0.203 e. The number of rotatable bonds is 7. The molecule has 3 rings (SSSR count). The van der Waals surface area contributed by atoms with Gasteiger partial charge in [0, 0.05) is 10.3 Å². The van der Waals surface area contributed by atoms with Crippen LogP contribution in [0.1, 0.15) is 27.7 Å². The molecule has 5 nitrogen and oxygen atoms in total. The van der Waals surface area contributed by atoms with Gasteiger partial charge in [-0.1, -0.05) is 0 Å². The average Bonchev–Trinajstić information content (AvgIpc) is 3.02. The molecule has 0 aliphatic carbocycles. The van der Waals surface area contributed by atoms with E-state index in [0.29, 0.717) is 34.3 Å². The lowest BCUT2D eigenvalue weighted by Crippen LogP contribution is -2.03. The summed E-state index contributed by atoms with van der Waals surface area (Å²) in [6, 6.07) is 9.26. The van der Waals surface area contributed by atoms with Gasteiger partial charge in [0.1, 0.15) is 5.75 Å². The van der Waals surface area contributed by atoms with Crippen LogP contribution in [0.5, 0.6) is 23.0 Å². The lowest BCUT2D eigenvalue weighted by Gasteiger charge is -2.13. The van der Waals surface area contributed by atoms with E-state index in [1.54, 1.807) is 12.1 Å². The molecule has 0 bridgehead atoms. The number of methoxy groups -OCH3 is 3. The van der Waals surface area contributed by atoms with E-state index in [4.69, 9.17) is 18.9 Å². The third kappa shape index (κ3) is 3.45. The van der Waals surface area contributed by atoms with E-state index in [9.17, 15) is 4.79 Å². The van der Waals surface area contributed by atoms with Crippen molar-refractivity contribution in [2.75, 3.05) is 27.9 Å². The minimum atomic E-state index is -0.0779. The molecule has 0 saturated carbocycles. The minimum Gasteiger partial charge on any atom is -0.494 e. The quantitative estimate of drug-likeness (QED) is 0.543. The van der Waals surface area contributed by atoms with Crippen LogP contribution in [-0.2, 0) is 0 Å². The molecule has 1 aromatic heterocycles. The summed E-state index contributed by atoms with van der Waals surface area (Å²) >= 11 is 1.46. The molecule has 0 aliphatic heterocycles. The SMILES string of the molecule is CCOc1ccc2c(C)c(C(=O)c3cc(OC)c(OC)c(OC)c3)sc2c1. The molecule has 3 aromatic rings. The number of fused-ring (bicyclic) bond motifs is 1. The highest BCUT2D eigenvalue weighted by molar-refractivity contribution is 7.21. The Kier molecular flexibility index (Phi) is 5.56. The van der Waals surface area contributed by atoms with Gasteiger partial charge >= 0.3 is 0 Å². The maximum absolute atomic E-state index is 13.2. The van der Waals surface area contributed by atoms with Crippen LogP contribution in [-0.4, -0.2) is 33.7 Å². The Morgan fingerprint density at radius 2 is 1.67 bits per heavy atom. The monoisotopic (exact) mass is 386 g/mol. The molecule has 0 spiro atoms.